The van der Waals surface area contributed by atoms with Crippen LogP contribution in [0.2, 0.25) is 0 Å². The predicted molar refractivity (Wildman–Crippen MR) is 109 cm³/mol. The van der Waals surface area contributed by atoms with Crippen LogP contribution in [0.3, 0.4) is 0 Å². The van der Waals surface area contributed by atoms with Crippen molar-refractivity contribution >= 4 is 48.1 Å². The van der Waals surface area contributed by atoms with Crippen molar-refractivity contribution in [2.75, 3.05) is 23.3 Å². The first kappa shape index (κ1) is 19.7. The maximum absolute atomic E-state index is 12.6. The van der Waals surface area contributed by atoms with E-state index >= 15 is 0 Å². The Hall–Kier alpha value is -2.59. The second kappa shape index (κ2) is 7.68. The van der Waals surface area contributed by atoms with Crippen LogP contribution in [0, 0.1) is 0 Å². The Kier molecular flexibility index (Phi) is 5.22. The molecule has 0 unspecified atom stereocenters. The Labute approximate surface area is 170 Å². The van der Waals surface area contributed by atoms with Crippen molar-refractivity contribution in [3.8, 4) is 0 Å². The molecule has 1 aromatic heterocycles. The number of aromatic nitrogens is 1. The minimum absolute atomic E-state index is 0.167. The summed E-state index contributed by atoms with van der Waals surface area (Å²) in [5.74, 6) is -3.96. The molecular formula is C19H17F2N3O3S2. The van der Waals surface area contributed by atoms with E-state index in [1.807, 2.05) is 12.1 Å². The average molecular weight is 437 g/mol. The highest BCUT2D eigenvalue weighted by Gasteiger charge is 2.26. The Bertz CT molecular complexity index is 1160. The van der Waals surface area contributed by atoms with Crippen LogP contribution in [0.15, 0.2) is 47.4 Å². The molecule has 1 saturated heterocycles. The first-order chi connectivity index (χ1) is 13.8. The Morgan fingerprint density at radius 1 is 1.10 bits per heavy atom. The molecule has 152 valence electrons. The van der Waals surface area contributed by atoms with Crippen molar-refractivity contribution in [1.82, 2.24) is 4.98 Å². The molecule has 0 bridgehead atoms. The van der Waals surface area contributed by atoms with Crippen LogP contribution in [0.25, 0.3) is 10.2 Å². The number of alkyl halides is 2. The highest BCUT2D eigenvalue weighted by Crippen LogP contribution is 2.32. The highest BCUT2D eigenvalue weighted by atomic mass is 32.2. The molecule has 3 aromatic rings. The van der Waals surface area contributed by atoms with E-state index in [1.54, 1.807) is 17.4 Å². The summed E-state index contributed by atoms with van der Waals surface area (Å²) >= 11 is 1.56. The molecule has 1 N–H and O–H groups in total. The molecule has 6 nitrogen and oxygen atoms in total. The summed E-state index contributed by atoms with van der Waals surface area (Å²) in [5.41, 5.74) is 1.60. The third-order valence-corrected chi connectivity index (χ3v) is 7.17. The molecule has 1 fully saturated rings. The summed E-state index contributed by atoms with van der Waals surface area (Å²) in [5, 5.41) is 3.71. The van der Waals surface area contributed by atoms with Gasteiger partial charge in [-0.15, -0.1) is 0 Å². The molecule has 10 heteroatoms. The summed E-state index contributed by atoms with van der Waals surface area (Å²) in [6, 6.07) is 9.83. The van der Waals surface area contributed by atoms with Gasteiger partial charge >= 0.3 is 5.76 Å². The SMILES string of the molecule is O=C(Nc1ccc2nc(N3CCCC3)sc2c1)c1ccc(S(=O)(=O)C(F)F)cc1. The summed E-state index contributed by atoms with van der Waals surface area (Å²) in [6.07, 6.45) is 2.32. The van der Waals surface area contributed by atoms with Crippen LogP contribution < -0.4 is 10.2 Å². The van der Waals surface area contributed by atoms with Gasteiger partial charge in [0.2, 0.25) is 9.84 Å². The Balaban J connectivity index is 1.51. The molecule has 2 heterocycles. The summed E-state index contributed by atoms with van der Waals surface area (Å²) in [4.78, 5) is 18.8. The van der Waals surface area contributed by atoms with Crippen molar-refractivity contribution in [2.24, 2.45) is 0 Å². The zero-order chi connectivity index (χ0) is 20.6. The maximum atomic E-state index is 12.6. The molecule has 0 spiro atoms. The maximum Gasteiger partial charge on any atom is 0.341 e. The van der Waals surface area contributed by atoms with E-state index < -0.39 is 26.4 Å². The first-order valence-corrected chi connectivity index (χ1v) is 11.3. The second-order valence-electron chi connectivity index (χ2n) is 6.66. The van der Waals surface area contributed by atoms with Crippen molar-refractivity contribution in [3.63, 3.8) is 0 Å². The number of sulfone groups is 1. The number of nitrogens with one attached hydrogen (secondary N) is 1. The number of hydrogen-bond donors (Lipinski definition) is 1. The van der Waals surface area contributed by atoms with Crippen molar-refractivity contribution in [3.05, 3.63) is 48.0 Å². The fourth-order valence-electron chi connectivity index (χ4n) is 3.14. The van der Waals surface area contributed by atoms with Gasteiger partial charge in [0, 0.05) is 24.3 Å². The van der Waals surface area contributed by atoms with Gasteiger partial charge in [0.15, 0.2) is 5.13 Å². The number of halogens is 2. The lowest BCUT2D eigenvalue weighted by Crippen LogP contribution is -2.16. The number of anilines is 2. The summed E-state index contributed by atoms with van der Waals surface area (Å²) < 4.78 is 49.1. The van der Waals surface area contributed by atoms with Crippen LogP contribution in [0.5, 0.6) is 0 Å². The standard InChI is InChI=1S/C19H17F2N3O3S2/c20-18(21)29(26,27)14-6-3-12(4-7-14)17(25)22-13-5-8-15-16(11-13)28-19(23-15)24-9-1-2-10-24/h3-8,11,18H,1-2,9-10H2,(H,22,25). The topological polar surface area (TPSA) is 79.4 Å². The molecule has 4 rings (SSSR count). The van der Waals surface area contributed by atoms with E-state index in [4.69, 9.17) is 0 Å². The summed E-state index contributed by atoms with van der Waals surface area (Å²) in [6.45, 7) is 2.00. The molecule has 0 saturated carbocycles. The number of hydrogen-bond acceptors (Lipinski definition) is 6. The lowest BCUT2D eigenvalue weighted by atomic mass is 10.2. The Morgan fingerprint density at radius 3 is 2.45 bits per heavy atom. The van der Waals surface area contributed by atoms with E-state index in [-0.39, 0.29) is 5.56 Å². The van der Waals surface area contributed by atoms with Crippen LogP contribution in [0.4, 0.5) is 19.6 Å². The zero-order valence-electron chi connectivity index (χ0n) is 15.1. The fraction of sp³-hybridized carbons (Fsp3) is 0.263. The van der Waals surface area contributed by atoms with Crippen LogP contribution in [0.1, 0.15) is 23.2 Å². The van der Waals surface area contributed by atoms with Gasteiger partial charge in [-0.3, -0.25) is 4.79 Å². The molecular weight excluding hydrogens is 420 g/mol. The molecule has 1 amide bonds. The number of rotatable bonds is 5. The predicted octanol–water partition coefficient (Wildman–Crippen LogP) is 4.15. The van der Waals surface area contributed by atoms with Gasteiger partial charge in [-0.05, 0) is 55.3 Å². The molecule has 29 heavy (non-hydrogen) atoms. The molecule has 2 aromatic carbocycles. The van der Waals surface area contributed by atoms with Gasteiger partial charge in [0.1, 0.15) is 0 Å². The van der Waals surface area contributed by atoms with E-state index in [1.165, 1.54) is 12.1 Å². The number of carbonyl (C=O) groups is 1. The van der Waals surface area contributed by atoms with E-state index in [9.17, 15) is 22.0 Å². The largest absolute Gasteiger partial charge is 0.348 e. The molecule has 0 aliphatic carbocycles. The van der Waals surface area contributed by atoms with E-state index in [0.717, 1.165) is 53.4 Å². The molecule has 1 aliphatic heterocycles. The molecule has 0 atom stereocenters. The monoisotopic (exact) mass is 437 g/mol. The highest BCUT2D eigenvalue weighted by molar-refractivity contribution is 7.91. The van der Waals surface area contributed by atoms with E-state index in [0.29, 0.717) is 5.69 Å². The lowest BCUT2D eigenvalue weighted by molar-refractivity contribution is 0.102. The number of nitrogens with zero attached hydrogens (tertiary/aromatic N) is 2. The fourth-order valence-corrected chi connectivity index (χ4v) is 4.91. The lowest BCUT2D eigenvalue weighted by Gasteiger charge is -2.11. The minimum atomic E-state index is -4.68. The number of benzene rings is 2. The van der Waals surface area contributed by atoms with Gasteiger partial charge in [0.05, 0.1) is 15.1 Å². The second-order valence-corrected chi connectivity index (χ2v) is 9.58. The number of carbonyl (C=O) groups excluding carboxylic acids is 1. The molecule has 0 radical (unpaired) electrons. The van der Waals surface area contributed by atoms with Gasteiger partial charge in [-0.25, -0.2) is 13.4 Å². The zero-order valence-corrected chi connectivity index (χ0v) is 16.8. The Morgan fingerprint density at radius 2 is 1.79 bits per heavy atom. The van der Waals surface area contributed by atoms with E-state index in [2.05, 4.69) is 15.2 Å². The number of thiazole rings is 1. The van der Waals surface area contributed by atoms with Crippen LogP contribution in [-0.4, -0.2) is 38.2 Å². The molecule has 1 aliphatic rings. The van der Waals surface area contributed by atoms with Crippen molar-refractivity contribution < 1.29 is 22.0 Å². The summed E-state index contributed by atoms with van der Waals surface area (Å²) in [7, 11) is -4.68. The normalized spacial score (nSPS) is 14.7. The number of fused-ring (bicyclic) bond motifs is 1. The minimum Gasteiger partial charge on any atom is -0.348 e. The smallest absolute Gasteiger partial charge is 0.341 e. The van der Waals surface area contributed by atoms with Crippen molar-refractivity contribution in [1.29, 1.82) is 0 Å². The quantitative estimate of drug-likeness (QED) is 0.649. The third-order valence-electron chi connectivity index (χ3n) is 4.69. The first-order valence-electron chi connectivity index (χ1n) is 8.93. The van der Waals surface area contributed by atoms with Gasteiger partial charge < -0.3 is 10.2 Å². The number of amides is 1. The average Bonchev–Trinajstić information content (AvgIpc) is 3.37. The van der Waals surface area contributed by atoms with Crippen LogP contribution >= 0.6 is 11.3 Å². The van der Waals surface area contributed by atoms with Gasteiger partial charge in [-0.1, -0.05) is 11.3 Å². The van der Waals surface area contributed by atoms with Crippen LogP contribution in [-0.2, 0) is 9.84 Å². The van der Waals surface area contributed by atoms with Crippen molar-refractivity contribution in [2.45, 2.75) is 23.5 Å². The van der Waals surface area contributed by atoms with Gasteiger partial charge in [-0.2, -0.15) is 8.78 Å². The third kappa shape index (κ3) is 3.95. The van der Waals surface area contributed by atoms with Gasteiger partial charge in [0.25, 0.3) is 5.91 Å².